The quantitative estimate of drug-likeness (QED) is 0.877. The lowest BCUT2D eigenvalue weighted by Crippen LogP contribution is -2.17. The summed E-state index contributed by atoms with van der Waals surface area (Å²) in [7, 11) is 1.90. The minimum atomic E-state index is -0.131. The molecule has 0 aliphatic heterocycles. The second kappa shape index (κ2) is 6.34. The summed E-state index contributed by atoms with van der Waals surface area (Å²) >= 11 is 0. The van der Waals surface area contributed by atoms with Gasteiger partial charge in [-0.2, -0.15) is 5.10 Å². The van der Waals surface area contributed by atoms with E-state index in [9.17, 15) is 4.79 Å². The number of anilines is 1. The summed E-state index contributed by atoms with van der Waals surface area (Å²) in [5.41, 5.74) is 3.36. The smallest absolute Gasteiger partial charge is 0.273 e. The molecule has 106 valence electrons. The summed E-state index contributed by atoms with van der Waals surface area (Å²) in [6.45, 7) is 5.30. The molecule has 0 saturated heterocycles. The van der Waals surface area contributed by atoms with Crippen LogP contribution < -0.4 is 10.6 Å². The van der Waals surface area contributed by atoms with Crippen molar-refractivity contribution in [3.8, 4) is 0 Å². The van der Waals surface area contributed by atoms with E-state index in [1.807, 2.05) is 45.2 Å². The second-order valence-electron chi connectivity index (χ2n) is 4.67. The van der Waals surface area contributed by atoms with Gasteiger partial charge in [0.2, 0.25) is 0 Å². The molecule has 0 saturated carbocycles. The maximum atomic E-state index is 12.3. The number of nitrogens with zero attached hydrogens (tertiary/aromatic N) is 2. The van der Waals surface area contributed by atoms with Crippen molar-refractivity contribution in [3.63, 3.8) is 0 Å². The highest BCUT2D eigenvalue weighted by Gasteiger charge is 2.13. The first-order valence-corrected chi connectivity index (χ1v) is 6.73. The zero-order valence-corrected chi connectivity index (χ0v) is 12.1. The minimum Gasteiger partial charge on any atom is -0.321 e. The van der Waals surface area contributed by atoms with Crippen LogP contribution in [0.3, 0.4) is 0 Å². The molecule has 2 aromatic rings. The van der Waals surface area contributed by atoms with Gasteiger partial charge in [0.1, 0.15) is 5.69 Å². The van der Waals surface area contributed by atoms with Crippen LogP contribution in [0.2, 0.25) is 0 Å². The van der Waals surface area contributed by atoms with E-state index in [1.54, 1.807) is 10.7 Å². The van der Waals surface area contributed by atoms with E-state index in [2.05, 4.69) is 15.7 Å². The zero-order valence-electron chi connectivity index (χ0n) is 12.1. The lowest BCUT2D eigenvalue weighted by Gasteiger charge is -2.08. The van der Waals surface area contributed by atoms with E-state index in [0.29, 0.717) is 12.2 Å². The lowest BCUT2D eigenvalue weighted by molar-refractivity contribution is 0.101. The number of carbonyl (C=O) groups excluding carboxylic acids is 1. The molecule has 0 fully saturated rings. The van der Waals surface area contributed by atoms with Gasteiger partial charge in [0.05, 0.1) is 5.69 Å². The van der Waals surface area contributed by atoms with Crippen molar-refractivity contribution in [1.29, 1.82) is 0 Å². The molecule has 1 aromatic heterocycles. The van der Waals surface area contributed by atoms with Crippen LogP contribution in [-0.4, -0.2) is 22.7 Å². The highest BCUT2D eigenvalue weighted by molar-refractivity contribution is 6.03. The Hall–Kier alpha value is -2.14. The Morgan fingerprint density at radius 2 is 2.15 bits per heavy atom. The van der Waals surface area contributed by atoms with Crippen molar-refractivity contribution in [2.24, 2.45) is 0 Å². The van der Waals surface area contributed by atoms with E-state index in [-0.39, 0.29) is 5.91 Å². The summed E-state index contributed by atoms with van der Waals surface area (Å²) in [6.07, 6.45) is 0. The van der Waals surface area contributed by atoms with Crippen LogP contribution in [0.4, 0.5) is 5.69 Å². The fraction of sp³-hybridized carbons (Fsp3) is 0.333. The average molecular weight is 272 g/mol. The summed E-state index contributed by atoms with van der Waals surface area (Å²) in [4.78, 5) is 12.3. The summed E-state index contributed by atoms with van der Waals surface area (Å²) in [6, 6.07) is 9.61. The predicted octanol–water partition coefficient (Wildman–Crippen LogP) is 2.18. The van der Waals surface area contributed by atoms with Crippen molar-refractivity contribution in [2.45, 2.75) is 26.9 Å². The molecule has 2 rings (SSSR count). The fourth-order valence-corrected chi connectivity index (χ4v) is 2.13. The molecular formula is C15H20N4O. The summed E-state index contributed by atoms with van der Waals surface area (Å²) < 4.78 is 1.71. The molecule has 0 atom stereocenters. The Labute approximate surface area is 119 Å². The van der Waals surface area contributed by atoms with Gasteiger partial charge in [-0.3, -0.25) is 9.48 Å². The fourth-order valence-electron chi connectivity index (χ4n) is 2.13. The monoisotopic (exact) mass is 272 g/mol. The van der Waals surface area contributed by atoms with Crippen LogP contribution in [0.25, 0.3) is 0 Å². The molecule has 0 radical (unpaired) electrons. The third-order valence-corrected chi connectivity index (χ3v) is 3.00. The van der Waals surface area contributed by atoms with Gasteiger partial charge < -0.3 is 10.6 Å². The SMILES string of the molecule is CCn1nc(C)cc1C(=O)Nc1cccc(CNC)c1. The molecule has 1 amide bonds. The molecule has 1 aromatic carbocycles. The molecule has 0 bridgehead atoms. The van der Waals surface area contributed by atoms with Gasteiger partial charge in [-0.1, -0.05) is 12.1 Å². The van der Waals surface area contributed by atoms with E-state index in [1.165, 1.54) is 0 Å². The molecule has 20 heavy (non-hydrogen) atoms. The van der Waals surface area contributed by atoms with Crippen LogP contribution in [0, 0.1) is 6.92 Å². The van der Waals surface area contributed by atoms with Gasteiger partial charge in [0.25, 0.3) is 5.91 Å². The predicted molar refractivity (Wildman–Crippen MR) is 79.8 cm³/mol. The molecule has 0 aliphatic carbocycles. The van der Waals surface area contributed by atoms with E-state index >= 15 is 0 Å². The van der Waals surface area contributed by atoms with Crippen molar-refractivity contribution < 1.29 is 4.79 Å². The molecule has 1 heterocycles. The zero-order chi connectivity index (χ0) is 14.5. The Morgan fingerprint density at radius 3 is 2.85 bits per heavy atom. The first-order chi connectivity index (χ1) is 9.63. The maximum Gasteiger partial charge on any atom is 0.273 e. The average Bonchev–Trinajstić information content (AvgIpc) is 2.81. The number of aromatic nitrogens is 2. The summed E-state index contributed by atoms with van der Waals surface area (Å²) in [5, 5.41) is 10.3. The van der Waals surface area contributed by atoms with Gasteiger partial charge in [-0.15, -0.1) is 0 Å². The Bertz CT molecular complexity index is 604. The van der Waals surface area contributed by atoms with Crippen LogP contribution >= 0.6 is 0 Å². The maximum absolute atomic E-state index is 12.3. The number of benzene rings is 1. The molecule has 0 aliphatic rings. The summed E-state index contributed by atoms with van der Waals surface area (Å²) in [5.74, 6) is -0.131. The molecule has 0 spiro atoms. The number of aryl methyl sites for hydroxylation is 2. The highest BCUT2D eigenvalue weighted by Crippen LogP contribution is 2.13. The second-order valence-corrected chi connectivity index (χ2v) is 4.67. The van der Waals surface area contributed by atoms with E-state index < -0.39 is 0 Å². The van der Waals surface area contributed by atoms with Crippen LogP contribution in [-0.2, 0) is 13.1 Å². The number of hydrogen-bond donors (Lipinski definition) is 2. The van der Waals surface area contributed by atoms with Crippen molar-refractivity contribution in [3.05, 3.63) is 47.3 Å². The van der Waals surface area contributed by atoms with Crippen LogP contribution in [0.1, 0.15) is 28.7 Å². The highest BCUT2D eigenvalue weighted by atomic mass is 16.2. The van der Waals surface area contributed by atoms with Gasteiger partial charge >= 0.3 is 0 Å². The third-order valence-electron chi connectivity index (χ3n) is 3.00. The first kappa shape index (κ1) is 14.3. The molecule has 5 heteroatoms. The number of hydrogen-bond acceptors (Lipinski definition) is 3. The first-order valence-electron chi connectivity index (χ1n) is 6.73. The Balaban J connectivity index is 2.16. The largest absolute Gasteiger partial charge is 0.321 e. The topological polar surface area (TPSA) is 59.0 Å². The van der Waals surface area contributed by atoms with Crippen molar-refractivity contribution in [1.82, 2.24) is 15.1 Å². The number of rotatable bonds is 5. The van der Waals surface area contributed by atoms with Gasteiger partial charge in [0.15, 0.2) is 0 Å². The Kier molecular flexibility index (Phi) is 4.53. The van der Waals surface area contributed by atoms with Gasteiger partial charge in [-0.25, -0.2) is 0 Å². The normalized spacial score (nSPS) is 10.6. The molecule has 0 unspecified atom stereocenters. The lowest BCUT2D eigenvalue weighted by atomic mass is 10.2. The van der Waals surface area contributed by atoms with E-state index in [0.717, 1.165) is 23.5 Å². The number of amides is 1. The van der Waals surface area contributed by atoms with Crippen LogP contribution in [0.15, 0.2) is 30.3 Å². The molecular weight excluding hydrogens is 252 g/mol. The number of nitrogens with one attached hydrogen (secondary N) is 2. The number of carbonyl (C=O) groups is 1. The van der Waals surface area contributed by atoms with Crippen molar-refractivity contribution >= 4 is 11.6 Å². The third kappa shape index (κ3) is 3.24. The van der Waals surface area contributed by atoms with Crippen molar-refractivity contribution in [2.75, 3.05) is 12.4 Å². The standard InChI is InChI=1S/C15H20N4O/c1-4-19-14(8-11(2)18-19)15(20)17-13-7-5-6-12(9-13)10-16-3/h5-9,16H,4,10H2,1-3H3,(H,17,20). The molecule has 2 N–H and O–H groups in total. The molecule has 5 nitrogen and oxygen atoms in total. The van der Waals surface area contributed by atoms with Gasteiger partial charge in [-0.05, 0) is 44.7 Å². The minimum absolute atomic E-state index is 0.131. The van der Waals surface area contributed by atoms with Gasteiger partial charge in [0, 0.05) is 18.8 Å². The van der Waals surface area contributed by atoms with E-state index in [4.69, 9.17) is 0 Å². The van der Waals surface area contributed by atoms with Crippen LogP contribution in [0.5, 0.6) is 0 Å². The Morgan fingerprint density at radius 1 is 1.35 bits per heavy atom.